The molecule has 2 N–H and O–H groups in total. The van der Waals surface area contributed by atoms with E-state index in [4.69, 9.17) is 5.73 Å². The first-order valence-corrected chi connectivity index (χ1v) is 7.38. The summed E-state index contributed by atoms with van der Waals surface area (Å²) in [6, 6.07) is 3.42. The minimum absolute atomic E-state index is 0.0513. The Morgan fingerprint density at radius 3 is 3.21 bits per heavy atom. The number of nitrogens with two attached hydrogens (primary N) is 1. The zero-order valence-corrected chi connectivity index (χ0v) is 11.4. The number of hydrogen-bond donors (Lipinski definition) is 1. The number of thioether (sulfide) groups is 1. The normalized spacial score (nSPS) is 10.9. The van der Waals surface area contributed by atoms with Gasteiger partial charge in [0.05, 0.1) is 17.6 Å². The van der Waals surface area contributed by atoms with Crippen molar-refractivity contribution in [3.8, 4) is 0 Å². The van der Waals surface area contributed by atoms with Crippen LogP contribution in [0.25, 0.3) is 4.96 Å². The van der Waals surface area contributed by atoms with Gasteiger partial charge in [0.25, 0.3) is 5.56 Å². The molecule has 0 radical (unpaired) electrons. The molecule has 3 aromatic heterocycles. The minimum Gasteiger partial charge on any atom is -0.397 e. The van der Waals surface area contributed by atoms with Crippen molar-refractivity contribution in [3.05, 3.63) is 52.2 Å². The Bertz CT molecular complexity index is 780. The highest BCUT2D eigenvalue weighted by atomic mass is 32.2. The van der Waals surface area contributed by atoms with E-state index in [2.05, 4.69) is 9.97 Å². The van der Waals surface area contributed by atoms with E-state index >= 15 is 0 Å². The lowest BCUT2D eigenvalue weighted by molar-refractivity contribution is 1.04. The summed E-state index contributed by atoms with van der Waals surface area (Å²) in [6.07, 6.45) is 5.05. The predicted octanol–water partition coefficient (Wildman–Crippen LogP) is 2.03. The first-order valence-electron chi connectivity index (χ1n) is 5.52. The first kappa shape index (κ1) is 12.2. The number of anilines is 1. The smallest absolute Gasteiger partial charge is 0.258 e. The molecule has 3 heterocycles. The fourth-order valence-electron chi connectivity index (χ4n) is 1.64. The number of hydrogen-bond acceptors (Lipinski definition) is 6. The number of pyridine rings is 1. The minimum atomic E-state index is -0.0513. The highest BCUT2D eigenvalue weighted by molar-refractivity contribution is 7.98. The summed E-state index contributed by atoms with van der Waals surface area (Å²) in [6.45, 7) is 0. The number of nitrogen functional groups attached to an aromatic ring is 1. The van der Waals surface area contributed by atoms with Crippen LogP contribution in [0.15, 0.2) is 45.8 Å². The van der Waals surface area contributed by atoms with Crippen LogP contribution >= 0.6 is 23.1 Å². The summed E-state index contributed by atoms with van der Waals surface area (Å²) in [5.41, 5.74) is 7.17. The summed E-state index contributed by atoms with van der Waals surface area (Å²) in [4.78, 5) is 21.9. The summed E-state index contributed by atoms with van der Waals surface area (Å²) < 4.78 is 1.54. The van der Waals surface area contributed by atoms with Crippen molar-refractivity contribution >= 4 is 33.7 Å². The molecule has 0 spiro atoms. The average Bonchev–Trinajstić information content (AvgIpc) is 2.87. The standard InChI is InChI=1S/C12H10N4OS2/c13-9-6-14-2-1-10(9)19-7-8-5-11(17)16-3-4-18-12(16)15-8/h1-6H,7,13H2. The Balaban J connectivity index is 1.86. The molecule has 3 aromatic rings. The molecule has 7 heteroatoms. The molecule has 0 fully saturated rings. The van der Waals surface area contributed by atoms with E-state index in [1.165, 1.54) is 11.3 Å². The number of nitrogens with zero attached hydrogens (tertiary/aromatic N) is 3. The van der Waals surface area contributed by atoms with Crippen molar-refractivity contribution in [2.75, 3.05) is 5.73 Å². The summed E-state index contributed by atoms with van der Waals surface area (Å²) in [5.74, 6) is 0.609. The van der Waals surface area contributed by atoms with E-state index < -0.39 is 0 Å². The Labute approximate surface area is 117 Å². The van der Waals surface area contributed by atoms with Crippen LogP contribution in [0.5, 0.6) is 0 Å². The lowest BCUT2D eigenvalue weighted by Crippen LogP contribution is -2.12. The van der Waals surface area contributed by atoms with Gasteiger partial charge in [0.2, 0.25) is 0 Å². The van der Waals surface area contributed by atoms with Crippen LogP contribution in [0, 0.1) is 0 Å². The monoisotopic (exact) mass is 290 g/mol. The van der Waals surface area contributed by atoms with Crippen molar-refractivity contribution in [1.29, 1.82) is 0 Å². The molecule has 5 nitrogen and oxygen atoms in total. The molecule has 19 heavy (non-hydrogen) atoms. The maximum Gasteiger partial charge on any atom is 0.258 e. The molecule has 0 atom stereocenters. The van der Waals surface area contributed by atoms with E-state index in [9.17, 15) is 4.79 Å². The molecule has 0 aliphatic heterocycles. The lowest BCUT2D eigenvalue weighted by Gasteiger charge is -2.04. The van der Waals surface area contributed by atoms with Crippen LogP contribution < -0.4 is 11.3 Å². The van der Waals surface area contributed by atoms with Gasteiger partial charge in [-0.1, -0.05) is 0 Å². The molecule has 0 amide bonds. The number of aromatic nitrogens is 3. The van der Waals surface area contributed by atoms with Gasteiger partial charge in [-0.05, 0) is 6.07 Å². The predicted molar refractivity (Wildman–Crippen MR) is 77.5 cm³/mol. The van der Waals surface area contributed by atoms with Gasteiger partial charge < -0.3 is 5.73 Å². The van der Waals surface area contributed by atoms with Crippen LogP contribution in [0.4, 0.5) is 5.69 Å². The molecule has 0 aromatic carbocycles. The van der Waals surface area contributed by atoms with Gasteiger partial charge in [-0.15, -0.1) is 23.1 Å². The van der Waals surface area contributed by atoms with Crippen molar-refractivity contribution in [2.45, 2.75) is 10.6 Å². The topological polar surface area (TPSA) is 73.3 Å². The summed E-state index contributed by atoms with van der Waals surface area (Å²) in [7, 11) is 0. The molecule has 0 saturated heterocycles. The van der Waals surface area contributed by atoms with Crippen molar-refractivity contribution in [3.63, 3.8) is 0 Å². The second-order valence-electron chi connectivity index (χ2n) is 3.84. The maximum absolute atomic E-state index is 11.8. The lowest BCUT2D eigenvalue weighted by atomic mass is 10.4. The summed E-state index contributed by atoms with van der Waals surface area (Å²) in [5, 5.41) is 1.85. The van der Waals surface area contributed by atoms with Crippen LogP contribution in [0.1, 0.15) is 5.69 Å². The molecule has 96 valence electrons. The third-order valence-electron chi connectivity index (χ3n) is 2.54. The van der Waals surface area contributed by atoms with Gasteiger partial charge in [-0.2, -0.15) is 0 Å². The Morgan fingerprint density at radius 2 is 2.37 bits per heavy atom. The van der Waals surface area contributed by atoms with Gasteiger partial charge in [-0.3, -0.25) is 14.2 Å². The fraction of sp³-hybridized carbons (Fsp3) is 0.0833. The van der Waals surface area contributed by atoms with Crippen LogP contribution in [0.2, 0.25) is 0 Å². The zero-order chi connectivity index (χ0) is 13.2. The van der Waals surface area contributed by atoms with E-state index in [0.717, 1.165) is 10.6 Å². The van der Waals surface area contributed by atoms with Gasteiger partial charge in [0, 0.05) is 34.5 Å². The van der Waals surface area contributed by atoms with Gasteiger partial charge >= 0.3 is 0 Å². The van der Waals surface area contributed by atoms with E-state index in [-0.39, 0.29) is 5.56 Å². The second-order valence-corrected chi connectivity index (χ2v) is 5.73. The Kier molecular flexibility index (Phi) is 3.22. The second kappa shape index (κ2) is 5.02. The van der Waals surface area contributed by atoms with E-state index in [1.807, 2.05) is 11.4 Å². The van der Waals surface area contributed by atoms with Gasteiger partial charge in [0.15, 0.2) is 4.96 Å². The molecule has 0 saturated carbocycles. The van der Waals surface area contributed by atoms with Crippen LogP contribution in [-0.2, 0) is 5.75 Å². The zero-order valence-electron chi connectivity index (χ0n) is 9.81. The third kappa shape index (κ3) is 2.47. The molecule has 0 aliphatic carbocycles. The van der Waals surface area contributed by atoms with E-state index in [0.29, 0.717) is 16.4 Å². The average molecular weight is 290 g/mol. The Morgan fingerprint density at radius 1 is 1.47 bits per heavy atom. The molecule has 0 aliphatic rings. The quantitative estimate of drug-likeness (QED) is 0.747. The molecular weight excluding hydrogens is 280 g/mol. The third-order valence-corrected chi connectivity index (χ3v) is 4.42. The SMILES string of the molecule is Nc1cnccc1SCc1cc(=O)n2ccsc2n1. The largest absolute Gasteiger partial charge is 0.397 e. The van der Waals surface area contributed by atoms with Crippen molar-refractivity contribution in [1.82, 2.24) is 14.4 Å². The maximum atomic E-state index is 11.8. The highest BCUT2D eigenvalue weighted by Gasteiger charge is 2.05. The number of fused-ring (bicyclic) bond motifs is 1. The fourth-order valence-corrected chi connectivity index (χ4v) is 3.21. The van der Waals surface area contributed by atoms with Crippen LogP contribution in [-0.4, -0.2) is 14.4 Å². The van der Waals surface area contributed by atoms with Gasteiger partial charge in [0.1, 0.15) is 0 Å². The first-order chi connectivity index (χ1) is 9.24. The summed E-state index contributed by atoms with van der Waals surface area (Å²) >= 11 is 3.00. The van der Waals surface area contributed by atoms with Crippen molar-refractivity contribution in [2.24, 2.45) is 0 Å². The molecule has 0 unspecified atom stereocenters. The number of rotatable bonds is 3. The van der Waals surface area contributed by atoms with E-state index in [1.54, 1.807) is 40.8 Å². The number of thiazole rings is 1. The molecular formula is C12H10N4OS2. The van der Waals surface area contributed by atoms with Crippen molar-refractivity contribution < 1.29 is 0 Å². The van der Waals surface area contributed by atoms with Crippen LogP contribution in [0.3, 0.4) is 0 Å². The Hall–Kier alpha value is -1.86. The molecule has 3 rings (SSSR count). The molecule has 0 bridgehead atoms. The highest BCUT2D eigenvalue weighted by Crippen LogP contribution is 2.26. The van der Waals surface area contributed by atoms with Gasteiger partial charge in [-0.25, -0.2) is 4.98 Å².